The van der Waals surface area contributed by atoms with Crippen LogP contribution in [0.5, 0.6) is 0 Å². The van der Waals surface area contributed by atoms with Gasteiger partial charge in [0.2, 0.25) is 17.6 Å². The first-order chi connectivity index (χ1) is 14.7. The molecular weight excluding hydrogens is 436 g/mol. The molecule has 164 valence electrons. The average molecular weight is 461 g/mol. The van der Waals surface area contributed by atoms with Gasteiger partial charge >= 0.3 is 0 Å². The van der Waals surface area contributed by atoms with Gasteiger partial charge in [-0.3, -0.25) is 4.79 Å². The van der Waals surface area contributed by atoms with Crippen LogP contribution in [0, 0.1) is 26.7 Å². The van der Waals surface area contributed by atoms with E-state index in [0.29, 0.717) is 36.7 Å². The number of sulfonamides is 1. The second-order valence-electron chi connectivity index (χ2n) is 7.80. The number of nitrogens with one attached hydrogen (secondary N) is 1. The Morgan fingerprint density at radius 3 is 2.77 bits per heavy atom. The lowest BCUT2D eigenvalue weighted by Gasteiger charge is -2.31. The van der Waals surface area contributed by atoms with E-state index in [-0.39, 0.29) is 16.7 Å². The van der Waals surface area contributed by atoms with Crippen molar-refractivity contribution in [2.45, 2.75) is 37.8 Å². The smallest absolute Gasteiger partial charge is 0.252 e. The summed E-state index contributed by atoms with van der Waals surface area (Å²) in [6.07, 6.45) is 1.28. The van der Waals surface area contributed by atoms with E-state index in [2.05, 4.69) is 15.5 Å². The van der Waals surface area contributed by atoms with Gasteiger partial charge in [-0.05, 0) is 44.4 Å². The fourth-order valence-electron chi connectivity index (χ4n) is 3.68. The number of rotatable bonds is 5. The van der Waals surface area contributed by atoms with E-state index in [9.17, 15) is 13.2 Å². The van der Waals surface area contributed by atoms with E-state index in [4.69, 9.17) is 4.52 Å². The zero-order chi connectivity index (χ0) is 22.2. The number of hydrogen-bond donors (Lipinski definition) is 1. The van der Waals surface area contributed by atoms with Gasteiger partial charge in [-0.15, -0.1) is 11.3 Å². The molecule has 1 aliphatic heterocycles. The highest BCUT2D eigenvalue weighted by molar-refractivity contribution is 7.91. The second kappa shape index (κ2) is 8.52. The Kier molecular flexibility index (Phi) is 5.96. The maximum absolute atomic E-state index is 13.2. The number of carbonyl (C=O) groups excluding carboxylic acids is 1. The summed E-state index contributed by atoms with van der Waals surface area (Å²) < 4.78 is 33.0. The van der Waals surface area contributed by atoms with Crippen LogP contribution < -0.4 is 5.32 Å². The molecule has 1 atom stereocenters. The summed E-state index contributed by atoms with van der Waals surface area (Å²) in [6, 6.07) is 7.39. The third kappa shape index (κ3) is 4.56. The number of aryl methyl sites for hydroxylation is 3. The predicted octanol–water partition coefficient (Wildman–Crippen LogP) is 3.76. The number of benzene rings is 1. The molecule has 8 nitrogen and oxygen atoms in total. The molecule has 10 heteroatoms. The summed E-state index contributed by atoms with van der Waals surface area (Å²) >= 11 is 1.12. The molecule has 3 aromatic rings. The van der Waals surface area contributed by atoms with Crippen molar-refractivity contribution in [3.8, 4) is 11.4 Å². The van der Waals surface area contributed by atoms with Gasteiger partial charge in [0.05, 0.1) is 5.92 Å². The van der Waals surface area contributed by atoms with E-state index in [0.717, 1.165) is 28.2 Å². The number of thiophene rings is 1. The third-order valence-corrected chi connectivity index (χ3v) is 8.63. The summed E-state index contributed by atoms with van der Waals surface area (Å²) in [4.78, 5) is 17.0. The van der Waals surface area contributed by atoms with E-state index >= 15 is 0 Å². The molecule has 1 aromatic carbocycles. The molecule has 2 aromatic heterocycles. The maximum Gasteiger partial charge on any atom is 0.252 e. The second-order valence-corrected chi connectivity index (χ2v) is 10.9. The summed E-state index contributed by atoms with van der Waals surface area (Å²) in [5, 5.41) is 8.50. The average Bonchev–Trinajstić information content (AvgIpc) is 3.39. The number of carbonyl (C=O) groups is 1. The van der Waals surface area contributed by atoms with Crippen LogP contribution in [-0.4, -0.2) is 41.9 Å². The first-order valence-corrected chi connectivity index (χ1v) is 12.3. The molecule has 1 aliphatic rings. The summed E-state index contributed by atoms with van der Waals surface area (Å²) in [5.41, 5.74) is 3.46. The molecule has 0 radical (unpaired) electrons. The van der Waals surface area contributed by atoms with Crippen molar-refractivity contribution < 1.29 is 17.7 Å². The number of aromatic nitrogens is 2. The lowest BCUT2D eigenvalue weighted by atomic mass is 9.98. The standard InChI is InChI=1S/C21H24N4O4S2/c1-13-6-7-18(14(2)9-13)23-21(26)16-5-4-8-25(11-16)31(27,28)19-10-17(12-30-19)20-22-15(3)29-24-20/h6-7,9-10,12,16H,4-5,8,11H2,1-3H3,(H,23,26)/t16-/m0/s1. The number of anilines is 1. The quantitative estimate of drug-likeness (QED) is 0.621. The van der Waals surface area contributed by atoms with Gasteiger partial charge in [-0.25, -0.2) is 8.42 Å². The van der Waals surface area contributed by atoms with Gasteiger partial charge in [0.1, 0.15) is 4.21 Å². The van der Waals surface area contributed by atoms with E-state index in [1.54, 1.807) is 18.4 Å². The van der Waals surface area contributed by atoms with Gasteiger partial charge in [0.25, 0.3) is 10.0 Å². The Labute approximate surface area is 185 Å². The first kappa shape index (κ1) is 21.7. The Morgan fingerprint density at radius 1 is 1.26 bits per heavy atom. The van der Waals surface area contributed by atoms with E-state index < -0.39 is 15.9 Å². The maximum atomic E-state index is 13.2. The highest BCUT2D eigenvalue weighted by atomic mass is 32.2. The molecule has 0 unspecified atom stereocenters. The fourth-order valence-corrected chi connectivity index (χ4v) is 6.51. The van der Waals surface area contributed by atoms with Gasteiger partial charge in [-0.2, -0.15) is 9.29 Å². The van der Waals surface area contributed by atoms with Gasteiger partial charge in [0, 0.05) is 36.6 Å². The Morgan fingerprint density at radius 2 is 2.06 bits per heavy atom. The third-order valence-electron chi connectivity index (χ3n) is 5.35. The molecule has 1 saturated heterocycles. The van der Waals surface area contributed by atoms with Crippen LogP contribution in [-0.2, 0) is 14.8 Å². The predicted molar refractivity (Wildman–Crippen MR) is 118 cm³/mol. The minimum Gasteiger partial charge on any atom is -0.339 e. The summed E-state index contributed by atoms with van der Waals surface area (Å²) in [6.45, 7) is 6.17. The van der Waals surface area contributed by atoms with Crippen molar-refractivity contribution in [3.05, 3.63) is 46.7 Å². The Hall–Kier alpha value is -2.56. The van der Waals surface area contributed by atoms with Gasteiger partial charge in [-0.1, -0.05) is 22.9 Å². The molecule has 1 N–H and O–H groups in total. The molecule has 1 amide bonds. The van der Waals surface area contributed by atoms with Crippen LogP contribution in [0.15, 0.2) is 38.4 Å². The van der Waals surface area contributed by atoms with Crippen LogP contribution in [0.1, 0.15) is 29.9 Å². The van der Waals surface area contributed by atoms with Crippen molar-refractivity contribution in [1.82, 2.24) is 14.4 Å². The van der Waals surface area contributed by atoms with Crippen molar-refractivity contribution in [2.24, 2.45) is 5.92 Å². The summed E-state index contributed by atoms with van der Waals surface area (Å²) in [5.74, 6) is 0.225. The number of piperidine rings is 1. The van der Waals surface area contributed by atoms with Crippen molar-refractivity contribution in [2.75, 3.05) is 18.4 Å². The molecule has 3 heterocycles. The van der Waals surface area contributed by atoms with Gasteiger partial charge < -0.3 is 9.84 Å². The molecule has 31 heavy (non-hydrogen) atoms. The molecular formula is C21H24N4O4S2. The molecule has 1 fully saturated rings. The monoisotopic (exact) mass is 460 g/mol. The minimum absolute atomic E-state index is 0.152. The molecule has 4 rings (SSSR count). The van der Waals surface area contributed by atoms with Crippen LogP contribution in [0.25, 0.3) is 11.4 Å². The van der Waals surface area contributed by atoms with Crippen LogP contribution in [0.3, 0.4) is 0 Å². The fraction of sp³-hybridized carbons (Fsp3) is 0.381. The normalized spacial score (nSPS) is 17.6. The zero-order valence-electron chi connectivity index (χ0n) is 17.6. The SMILES string of the molecule is Cc1ccc(NC(=O)[C@H]2CCCN(S(=O)(=O)c3cc(-c4noc(C)n4)cs3)C2)c(C)c1. The van der Waals surface area contributed by atoms with E-state index in [1.807, 2.05) is 32.0 Å². The Bertz CT molecular complexity index is 1220. The lowest BCUT2D eigenvalue weighted by Crippen LogP contribution is -2.43. The molecule has 0 saturated carbocycles. The molecule has 0 spiro atoms. The van der Waals surface area contributed by atoms with Crippen LogP contribution in [0.4, 0.5) is 5.69 Å². The number of amides is 1. The highest BCUT2D eigenvalue weighted by Gasteiger charge is 2.34. The number of hydrogen-bond acceptors (Lipinski definition) is 7. The first-order valence-electron chi connectivity index (χ1n) is 10.0. The highest BCUT2D eigenvalue weighted by Crippen LogP contribution is 2.31. The molecule has 0 aliphatic carbocycles. The largest absolute Gasteiger partial charge is 0.339 e. The van der Waals surface area contributed by atoms with Crippen LogP contribution >= 0.6 is 11.3 Å². The summed E-state index contributed by atoms with van der Waals surface area (Å²) in [7, 11) is -3.71. The molecule has 0 bridgehead atoms. The van der Waals surface area contributed by atoms with E-state index in [1.165, 1.54) is 4.31 Å². The topological polar surface area (TPSA) is 105 Å². The number of nitrogens with zero attached hydrogens (tertiary/aromatic N) is 3. The van der Waals surface area contributed by atoms with Crippen LogP contribution in [0.2, 0.25) is 0 Å². The Balaban J connectivity index is 1.48. The minimum atomic E-state index is -3.71. The van der Waals surface area contributed by atoms with Crippen molar-refractivity contribution in [3.63, 3.8) is 0 Å². The van der Waals surface area contributed by atoms with Crippen molar-refractivity contribution >= 4 is 33.0 Å². The van der Waals surface area contributed by atoms with Gasteiger partial charge in [0.15, 0.2) is 0 Å². The van der Waals surface area contributed by atoms with Crippen molar-refractivity contribution in [1.29, 1.82) is 0 Å². The lowest BCUT2D eigenvalue weighted by molar-refractivity contribution is -0.120. The zero-order valence-corrected chi connectivity index (χ0v) is 19.2.